The molecule has 0 spiro atoms. The van der Waals surface area contributed by atoms with Gasteiger partial charge in [0.15, 0.2) is 0 Å². The van der Waals surface area contributed by atoms with Gasteiger partial charge in [-0.15, -0.1) is 23.1 Å². The van der Waals surface area contributed by atoms with Crippen LogP contribution in [0.15, 0.2) is 47.8 Å². The van der Waals surface area contributed by atoms with E-state index in [1.807, 2.05) is 29.5 Å². The van der Waals surface area contributed by atoms with Crippen molar-refractivity contribution in [3.8, 4) is 0 Å². The van der Waals surface area contributed by atoms with Crippen molar-refractivity contribution < 1.29 is 0 Å². The SMILES string of the molecule is Cc1ccc(CNCCSc2ncnc3ccccc23)s1. The van der Waals surface area contributed by atoms with Crippen LogP contribution in [0.1, 0.15) is 9.75 Å². The molecule has 0 radical (unpaired) electrons. The molecule has 0 amide bonds. The highest BCUT2D eigenvalue weighted by Crippen LogP contribution is 2.23. The lowest BCUT2D eigenvalue weighted by Gasteiger charge is -2.05. The van der Waals surface area contributed by atoms with Gasteiger partial charge in [-0.2, -0.15) is 0 Å². The number of rotatable bonds is 6. The van der Waals surface area contributed by atoms with Gasteiger partial charge in [0.05, 0.1) is 5.52 Å². The Balaban J connectivity index is 1.50. The molecule has 1 N–H and O–H groups in total. The van der Waals surface area contributed by atoms with Crippen LogP contribution in [0.5, 0.6) is 0 Å². The van der Waals surface area contributed by atoms with Crippen LogP contribution in [0, 0.1) is 6.92 Å². The lowest BCUT2D eigenvalue weighted by molar-refractivity contribution is 0.741. The molecule has 108 valence electrons. The molecule has 0 bridgehead atoms. The van der Waals surface area contributed by atoms with E-state index in [2.05, 4.69) is 40.4 Å². The Bertz CT molecular complexity index is 719. The van der Waals surface area contributed by atoms with Crippen LogP contribution in [0.4, 0.5) is 0 Å². The van der Waals surface area contributed by atoms with Crippen molar-refractivity contribution in [2.45, 2.75) is 18.5 Å². The largest absolute Gasteiger partial charge is 0.311 e. The summed E-state index contributed by atoms with van der Waals surface area (Å²) in [6.07, 6.45) is 1.65. The minimum absolute atomic E-state index is 0.948. The van der Waals surface area contributed by atoms with Crippen molar-refractivity contribution in [2.24, 2.45) is 0 Å². The van der Waals surface area contributed by atoms with Gasteiger partial charge < -0.3 is 5.32 Å². The Labute approximate surface area is 132 Å². The summed E-state index contributed by atoms with van der Waals surface area (Å²) in [5.41, 5.74) is 1.01. The molecule has 3 nitrogen and oxygen atoms in total. The van der Waals surface area contributed by atoms with Crippen LogP contribution in [-0.4, -0.2) is 22.3 Å². The molecule has 0 aliphatic heterocycles. The molecule has 3 aromatic rings. The number of para-hydroxylation sites is 1. The van der Waals surface area contributed by atoms with Crippen LogP contribution in [-0.2, 0) is 6.54 Å². The van der Waals surface area contributed by atoms with Gasteiger partial charge in [0.25, 0.3) is 0 Å². The second kappa shape index (κ2) is 7.02. The van der Waals surface area contributed by atoms with E-state index in [0.29, 0.717) is 0 Å². The van der Waals surface area contributed by atoms with Crippen LogP contribution >= 0.6 is 23.1 Å². The fraction of sp³-hybridized carbons (Fsp3) is 0.250. The van der Waals surface area contributed by atoms with Gasteiger partial charge in [-0.05, 0) is 25.1 Å². The fourth-order valence-corrected chi connectivity index (χ4v) is 3.86. The number of benzene rings is 1. The number of hydrogen-bond donors (Lipinski definition) is 1. The van der Waals surface area contributed by atoms with Gasteiger partial charge in [0.2, 0.25) is 0 Å². The number of nitrogens with one attached hydrogen (secondary N) is 1. The lowest BCUT2D eigenvalue weighted by Crippen LogP contribution is -2.15. The number of thioether (sulfide) groups is 1. The third kappa shape index (κ3) is 3.81. The van der Waals surface area contributed by atoms with Gasteiger partial charge in [-0.3, -0.25) is 0 Å². The van der Waals surface area contributed by atoms with Gasteiger partial charge in [-0.1, -0.05) is 18.2 Å². The van der Waals surface area contributed by atoms with Gasteiger partial charge in [-0.25, -0.2) is 9.97 Å². The molecule has 0 unspecified atom stereocenters. The zero-order valence-electron chi connectivity index (χ0n) is 11.9. The molecular weight excluding hydrogens is 298 g/mol. The lowest BCUT2D eigenvalue weighted by atomic mass is 10.2. The van der Waals surface area contributed by atoms with E-state index < -0.39 is 0 Å². The van der Waals surface area contributed by atoms with Crippen LogP contribution in [0.3, 0.4) is 0 Å². The first-order chi connectivity index (χ1) is 10.3. The standard InChI is InChI=1S/C16H17N3S2/c1-12-6-7-13(21-12)10-17-8-9-20-16-14-4-2-3-5-15(14)18-11-19-16/h2-7,11,17H,8-10H2,1H3. The molecule has 0 aliphatic rings. The van der Waals surface area contributed by atoms with Crippen molar-refractivity contribution in [1.29, 1.82) is 0 Å². The molecule has 5 heteroatoms. The predicted octanol–water partition coefficient (Wildman–Crippen LogP) is 3.88. The molecule has 3 rings (SSSR count). The first kappa shape index (κ1) is 14.5. The van der Waals surface area contributed by atoms with E-state index in [-0.39, 0.29) is 0 Å². The van der Waals surface area contributed by atoms with E-state index in [1.54, 1.807) is 18.1 Å². The fourth-order valence-electron chi connectivity index (χ4n) is 2.11. The third-order valence-corrected chi connectivity index (χ3v) is 5.13. The van der Waals surface area contributed by atoms with E-state index in [1.165, 1.54) is 9.75 Å². The van der Waals surface area contributed by atoms with Crippen molar-refractivity contribution in [1.82, 2.24) is 15.3 Å². The third-order valence-electron chi connectivity index (χ3n) is 3.12. The summed E-state index contributed by atoms with van der Waals surface area (Å²) in [4.78, 5) is 11.4. The summed E-state index contributed by atoms with van der Waals surface area (Å²) in [6.45, 7) is 4.06. The number of fused-ring (bicyclic) bond motifs is 1. The second-order valence-corrected chi connectivity index (χ2v) is 7.19. The molecule has 0 fully saturated rings. The van der Waals surface area contributed by atoms with Gasteiger partial charge in [0.1, 0.15) is 11.4 Å². The van der Waals surface area contributed by atoms with Crippen molar-refractivity contribution >= 4 is 34.0 Å². The monoisotopic (exact) mass is 315 g/mol. The first-order valence-electron chi connectivity index (χ1n) is 6.91. The number of nitrogens with zero attached hydrogens (tertiary/aromatic N) is 2. The smallest absolute Gasteiger partial charge is 0.117 e. The van der Waals surface area contributed by atoms with Gasteiger partial charge >= 0.3 is 0 Å². The maximum Gasteiger partial charge on any atom is 0.117 e. The first-order valence-corrected chi connectivity index (χ1v) is 8.72. The topological polar surface area (TPSA) is 37.8 Å². The summed E-state index contributed by atoms with van der Waals surface area (Å²) < 4.78 is 0. The second-order valence-electron chi connectivity index (χ2n) is 4.73. The molecule has 2 heterocycles. The number of aryl methyl sites for hydroxylation is 1. The maximum absolute atomic E-state index is 4.39. The molecule has 1 aromatic carbocycles. The highest BCUT2D eigenvalue weighted by Gasteiger charge is 2.03. The minimum Gasteiger partial charge on any atom is -0.311 e. The van der Waals surface area contributed by atoms with Crippen molar-refractivity contribution in [3.05, 3.63) is 52.5 Å². The Morgan fingerprint density at radius 3 is 2.90 bits per heavy atom. The average molecular weight is 315 g/mol. The van der Waals surface area contributed by atoms with Crippen molar-refractivity contribution in [2.75, 3.05) is 12.3 Å². The van der Waals surface area contributed by atoms with E-state index in [0.717, 1.165) is 34.8 Å². The Hall–Kier alpha value is -1.43. The molecule has 0 saturated carbocycles. The zero-order chi connectivity index (χ0) is 14.5. The van der Waals surface area contributed by atoms with E-state index in [4.69, 9.17) is 0 Å². The summed E-state index contributed by atoms with van der Waals surface area (Å²) in [5.74, 6) is 1.01. The summed E-state index contributed by atoms with van der Waals surface area (Å²) >= 11 is 3.63. The number of thiophene rings is 1. The van der Waals surface area contributed by atoms with Crippen molar-refractivity contribution in [3.63, 3.8) is 0 Å². The quantitative estimate of drug-likeness (QED) is 0.425. The maximum atomic E-state index is 4.39. The number of aromatic nitrogens is 2. The highest BCUT2D eigenvalue weighted by atomic mass is 32.2. The molecule has 0 atom stereocenters. The van der Waals surface area contributed by atoms with E-state index in [9.17, 15) is 0 Å². The van der Waals surface area contributed by atoms with Crippen LogP contribution < -0.4 is 5.32 Å². The molecule has 21 heavy (non-hydrogen) atoms. The summed E-state index contributed by atoms with van der Waals surface area (Å²) in [7, 11) is 0. The average Bonchev–Trinajstić information content (AvgIpc) is 2.92. The number of hydrogen-bond acceptors (Lipinski definition) is 5. The van der Waals surface area contributed by atoms with Crippen LogP contribution in [0.2, 0.25) is 0 Å². The van der Waals surface area contributed by atoms with E-state index >= 15 is 0 Å². The van der Waals surface area contributed by atoms with Crippen LogP contribution in [0.25, 0.3) is 10.9 Å². The van der Waals surface area contributed by atoms with Gasteiger partial charge in [0, 0.05) is 34.0 Å². The molecular formula is C16H17N3S2. The molecule has 0 saturated heterocycles. The normalized spacial score (nSPS) is 11.1. The Morgan fingerprint density at radius 2 is 2.05 bits per heavy atom. The molecule has 2 aromatic heterocycles. The Morgan fingerprint density at radius 1 is 1.14 bits per heavy atom. The minimum atomic E-state index is 0.948. The Kier molecular flexibility index (Phi) is 4.85. The molecule has 0 aliphatic carbocycles. The highest BCUT2D eigenvalue weighted by molar-refractivity contribution is 7.99. The summed E-state index contributed by atoms with van der Waals surface area (Å²) in [6, 6.07) is 12.5. The zero-order valence-corrected chi connectivity index (χ0v) is 13.5. The summed E-state index contributed by atoms with van der Waals surface area (Å²) in [5, 5.41) is 5.68. The predicted molar refractivity (Wildman–Crippen MR) is 91.0 cm³/mol.